The Bertz CT molecular complexity index is 868. The molecule has 2 aromatic carbocycles. The number of hydrogen-bond acceptors (Lipinski definition) is 2. The summed E-state index contributed by atoms with van der Waals surface area (Å²) in [5.41, 5.74) is 2.56. The monoisotopic (exact) mass is 438 g/mol. The zero-order chi connectivity index (χ0) is 23.8. The Kier molecular flexibility index (Phi) is 9.75. The van der Waals surface area contributed by atoms with Crippen LogP contribution in [0.25, 0.3) is 0 Å². The molecule has 7 heteroatoms. The van der Waals surface area contributed by atoms with Crippen LogP contribution in [0.2, 0.25) is 0 Å². The molecule has 0 fully saturated rings. The van der Waals surface area contributed by atoms with Crippen molar-refractivity contribution in [3.8, 4) is 0 Å². The first-order valence-corrected chi connectivity index (χ1v) is 9.87. The summed E-state index contributed by atoms with van der Waals surface area (Å²) < 4.78 is 46.5. The topological polar surface area (TPSA) is 32.3 Å². The largest absolute Gasteiger partial charge is 0.330 e. The lowest BCUT2D eigenvalue weighted by Gasteiger charge is -2.34. The van der Waals surface area contributed by atoms with Gasteiger partial charge in [-0.2, -0.15) is 8.78 Å². The van der Waals surface area contributed by atoms with Gasteiger partial charge in [0.15, 0.2) is 0 Å². The van der Waals surface area contributed by atoms with E-state index in [1.54, 1.807) is 38.2 Å². The molecular weight excluding hydrogens is 408 g/mol. The van der Waals surface area contributed by atoms with Crippen LogP contribution in [0.5, 0.6) is 0 Å². The molecule has 1 amide bonds. The summed E-state index contributed by atoms with van der Waals surface area (Å²) in [5, 5.41) is 2.06. The van der Waals surface area contributed by atoms with Gasteiger partial charge in [0.25, 0.3) is 0 Å². The van der Waals surface area contributed by atoms with Gasteiger partial charge in [0.2, 0.25) is 12.3 Å². The minimum Gasteiger partial charge on any atom is -0.330 e. The fraction of sp³-hybridized carbons (Fsp3) is 0.375. The highest BCUT2D eigenvalue weighted by molar-refractivity contribution is 5.92. The number of nitrogens with zero attached hydrogens (tertiary/aromatic N) is 1. The lowest BCUT2D eigenvalue weighted by molar-refractivity contribution is -0.132. The molecule has 0 radical (unpaired) electrons. The van der Waals surface area contributed by atoms with Gasteiger partial charge in [-0.1, -0.05) is 55.5 Å². The molecule has 1 N–H and O–H groups in total. The van der Waals surface area contributed by atoms with E-state index in [1.165, 1.54) is 11.8 Å². The van der Waals surface area contributed by atoms with E-state index < -0.39 is 18.4 Å². The standard InChI is InChI=1S/C21H24F2N2O.C3H6F2/c1-14(2)25(5)19(26)21(4,17-8-6-7-15(3)13-17)16-9-11-18(12-10-16)24-20(22)23;1-2-3(4)5/h6-13,20,24H,1H2,2-5H3;3H,2H2,1H3/t21-;/m0./s1. The van der Waals surface area contributed by atoms with E-state index in [-0.39, 0.29) is 12.3 Å². The van der Waals surface area contributed by atoms with Crippen LogP contribution in [0.3, 0.4) is 0 Å². The fourth-order valence-corrected chi connectivity index (χ4v) is 2.90. The Morgan fingerprint density at radius 1 is 1.10 bits per heavy atom. The number of allylic oxidation sites excluding steroid dienone is 1. The zero-order valence-electron chi connectivity index (χ0n) is 18.6. The van der Waals surface area contributed by atoms with Crippen molar-refractivity contribution in [2.24, 2.45) is 0 Å². The molecule has 170 valence electrons. The van der Waals surface area contributed by atoms with Crippen LogP contribution in [0.4, 0.5) is 23.2 Å². The first-order chi connectivity index (χ1) is 14.4. The number of likely N-dealkylation sites (N-methyl/N-ethyl adjacent to an activating group) is 1. The molecular formula is C24H30F4N2O. The van der Waals surface area contributed by atoms with Gasteiger partial charge < -0.3 is 10.2 Å². The third-order valence-electron chi connectivity index (χ3n) is 4.95. The van der Waals surface area contributed by atoms with E-state index in [2.05, 4.69) is 11.9 Å². The van der Waals surface area contributed by atoms with Crippen molar-refractivity contribution in [1.29, 1.82) is 0 Å². The number of nitrogens with one attached hydrogen (secondary N) is 1. The number of rotatable bonds is 7. The van der Waals surface area contributed by atoms with Crippen LogP contribution in [-0.4, -0.2) is 30.8 Å². The maximum Gasteiger partial charge on any atom is 0.312 e. The van der Waals surface area contributed by atoms with Crippen molar-refractivity contribution in [1.82, 2.24) is 4.90 Å². The third kappa shape index (κ3) is 7.12. The Morgan fingerprint density at radius 3 is 2.06 bits per heavy atom. The van der Waals surface area contributed by atoms with Gasteiger partial charge in [0, 0.05) is 24.9 Å². The van der Waals surface area contributed by atoms with E-state index in [1.807, 2.05) is 38.1 Å². The maximum absolute atomic E-state index is 13.3. The quantitative estimate of drug-likeness (QED) is 0.391. The number of carbonyl (C=O) groups is 1. The average Bonchev–Trinajstić information content (AvgIpc) is 2.72. The molecule has 0 saturated carbocycles. The first kappa shape index (κ1) is 26.2. The molecule has 1 atom stereocenters. The molecule has 0 aliphatic carbocycles. The number of alkyl halides is 4. The molecule has 3 nitrogen and oxygen atoms in total. The molecule has 2 rings (SSSR count). The number of carbonyl (C=O) groups excluding carboxylic acids is 1. The highest BCUT2D eigenvalue weighted by Gasteiger charge is 2.39. The number of aryl methyl sites for hydroxylation is 1. The minimum atomic E-state index is -2.64. The van der Waals surface area contributed by atoms with Crippen LogP contribution < -0.4 is 5.32 Å². The maximum atomic E-state index is 13.3. The van der Waals surface area contributed by atoms with Crippen molar-refractivity contribution >= 4 is 11.6 Å². The Balaban J connectivity index is 0.000000861. The molecule has 0 aromatic heterocycles. The van der Waals surface area contributed by atoms with E-state index in [9.17, 15) is 22.4 Å². The van der Waals surface area contributed by atoms with Crippen LogP contribution in [0.15, 0.2) is 60.8 Å². The molecule has 0 saturated heterocycles. The van der Waals surface area contributed by atoms with Crippen molar-refractivity contribution in [3.63, 3.8) is 0 Å². The number of halogens is 4. The lowest BCUT2D eigenvalue weighted by Crippen LogP contribution is -2.43. The van der Waals surface area contributed by atoms with Gasteiger partial charge in [0.05, 0.1) is 5.41 Å². The van der Waals surface area contributed by atoms with Crippen LogP contribution in [0.1, 0.15) is 43.9 Å². The SMILES string of the molecule is C=C(C)N(C)C(=O)[C@@](C)(c1ccc(NC(F)F)cc1)c1cccc(C)c1.CCC(F)F. The minimum absolute atomic E-state index is 0.0278. The molecule has 0 aliphatic heterocycles. The average molecular weight is 439 g/mol. The van der Waals surface area contributed by atoms with Crippen LogP contribution in [0, 0.1) is 6.92 Å². The highest BCUT2D eigenvalue weighted by Crippen LogP contribution is 2.35. The Hall–Kier alpha value is -2.83. The molecule has 2 aromatic rings. The van der Waals surface area contributed by atoms with E-state index in [0.29, 0.717) is 11.4 Å². The second-order valence-corrected chi connectivity index (χ2v) is 7.42. The van der Waals surface area contributed by atoms with E-state index in [4.69, 9.17) is 0 Å². The summed E-state index contributed by atoms with van der Waals surface area (Å²) in [5.74, 6) is -0.134. The van der Waals surface area contributed by atoms with Gasteiger partial charge in [0.1, 0.15) is 0 Å². The van der Waals surface area contributed by atoms with Crippen molar-refractivity contribution < 1.29 is 22.4 Å². The number of anilines is 1. The molecule has 0 aliphatic rings. The normalized spacial score (nSPS) is 12.6. The van der Waals surface area contributed by atoms with Gasteiger partial charge in [-0.15, -0.1) is 0 Å². The summed E-state index contributed by atoms with van der Waals surface area (Å²) in [4.78, 5) is 14.8. The summed E-state index contributed by atoms with van der Waals surface area (Å²) in [6.07, 6.45) is -2.14. The summed E-state index contributed by atoms with van der Waals surface area (Å²) in [6.45, 7) is 8.24. The number of hydrogen-bond donors (Lipinski definition) is 1. The zero-order valence-corrected chi connectivity index (χ0v) is 18.6. The van der Waals surface area contributed by atoms with Crippen LogP contribution >= 0.6 is 0 Å². The van der Waals surface area contributed by atoms with Gasteiger partial charge >= 0.3 is 6.55 Å². The highest BCUT2D eigenvalue weighted by atomic mass is 19.3. The Morgan fingerprint density at radius 2 is 1.65 bits per heavy atom. The third-order valence-corrected chi connectivity index (χ3v) is 4.95. The number of benzene rings is 2. The first-order valence-electron chi connectivity index (χ1n) is 9.87. The van der Waals surface area contributed by atoms with Gasteiger partial charge in [-0.25, -0.2) is 8.78 Å². The van der Waals surface area contributed by atoms with Gasteiger partial charge in [-0.3, -0.25) is 4.79 Å². The molecule has 0 bridgehead atoms. The predicted molar refractivity (Wildman–Crippen MR) is 118 cm³/mol. The molecule has 0 unspecified atom stereocenters. The molecule has 31 heavy (non-hydrogen) atoms. The smallest absolute Gasteiger partial charge is 0.312 e. The van der Waals surface area contributed by atoms with Gasteiger partial charge in [-0.05, 0) is 44.0 Å². The van der Waals surface area contributed by atoms with Crippen molar-refractivity contribution in [2.75, 3.05) is 12.4 Å². The fourth-order valence-electron chi connectivity index (χ4n) is 2.90. The number of amides is 1. The summed E-state index contributed by atoms with van der Waals surface area (Å²) in [7, 11) is 1.69. The second kappa shape index (κ2) is 11.5. The molecule has 0 spiro atoms. The lowest BCUT2D eigenvalue weighted by atomic mass is 9.74. The second-order valence-electron chi connectivity index (χ2n) is 7.42. The predicted octanol–water partition coefficient (Wildman–Crippen LogP) is 6.59. The summed E-state index contributed by atoms with van der Waals surface area (Å²) >= 11 is 0. The van der Waals surface area contributed by atoms with E-state index >= 15 is 0 Å². The molecule has 0 heterocycles. The van der Waals surface area contributed by atoms with Crippen molar-refractivity contribution in [2.45, 2.75) is 52.5 Å². The summed E-state index contributed by atoms with van der Waals surface area (Å²) in [6, 6.07) is 14.3. The Labute approximate surface area is 181 Å². The van der Waals surface area contributed by atoms with E-state index in [0.717, 1.165) is 16.7 Å². The van der Waals surface area contributed by atoms with Crippen LogP contribution in [-0.2, 0) is 10.2 Å². The van der Waals surface area contributed by atoms with Crippen molar-refractivity contribution in [3.05, 3.63) is 77.5 Å².